The Kier molecular flexibility index (Phi) is 49.1. The third kappa shape index (κ3) is 4060. The molecule has 0 fully saturated rings. The zero-order valence-electron chi connectivity index (χ0n) is 10.7. The van der Waals surface area contributed by atoms with Gasteiger partial charge in [0, 0.05) is 26.4 Å². The summed E-state index contributed by atoms with van der Waals surface area (Å²) in [5.74, 6) is 0. The molecule has 14 heavy (non-hydrogen) atoms. The molecular formula is C11H38Si3. The van der Waals surface area contributed by atoms with Crippen molar-refractivity contribution in [2.45, 2.75) is 73.8 Å². The van der Waals surface area contributed by atoms with Crippen molar-refractivity contribution in [3.63, 3.8) is 0 Å². The second-order valence-corrected chi connectivity index (χ2v) is 15.6. The number of hydrogen-bond donors (Lipinski definition) is 0. The largest absolute Gasteiger partial charge is 0.0776 e. The third-order valence-electron chi connectivity index (χ3n) is 0. The van der Waals surface area contributed by atoms with Crippen molar-refractivity contribution in [1.29, 1.82) is 0 Å². The van der Waals surface area contributed by atoms with Crippen molar-refractivity contribution >= 4 is 26.4 Å². The van der Waals surface area contributed by atoms with Gasteiger partial charge in [-0.1, -0.05) is 73.8 Å². The van der Waals surface area contributed by atoms with E-state index in [0.717, 1.165) is 0 Å². The van der Waals surface area contributed by atoms with Gasteiger partial charge in [-0.25, -0.2) is 0 Å². The van der Waals surface area contributed by atoms with Gasteiger partial charge in [0.05, 0.1) is 0 Å². The first-order valence-electron chi connectivity index (χ1n) is 5.20. The molecular weight excluding hydrogens is 216 g/mol. The van der Waals surface area contributed by atoms with Crippen LogP contribution in [-0.4, -0.2) is 26.4 Å². The Morgan fingerprint density at radius 3 is 0.357 bits per heavy atom. The van der Waals surface area contributed by atoms with E-state index < -0.39 is 0 Å². The quantitative estimate of drug-likeness (QED) is 0.555. The first-order chi connectivity index (χ1) is 5.20. The summed E-state index contributed by atoms with van der Waals surface area (Å²) < 4.78 is 0. The fraction of sp³-hybridized carbons (Fsp3) is 1.00. The summed E-state index contributed by atoms with van der Waals surface area (Å²) in [4.78, 5) is 0. The van der Waals surface area contributed by atoms with Gasteiger partial charge in [0.2, 0.25) is 0 Å². The molecule has 0 bridgehead atoms. The molecule has 0 rings (SSSR count). The Hall–Kier alpha value is 0.651. The first kappa shape index (κ1) is 29.3. The van der Waals surface area contributed by atoms with Gasteiger partial charge in [-0.05, 0) is 0 Å². The van der Waals surface area contributed by atoms with Gasteiger partial charge >= 0.3 is 0 Å². The zero-order valence-corrected chi connectivity index (χ0v) is 14.2. The van der Waals surface area contributed by atoms with Crippen molar-refractivity contribution in [3.8, 4) is 0 Å². The van der Waals surface area contributed by atoms with Crippen LogP contribution in [0.15, 0.2) is 0 Å². The first-order valence-corrected chi connectivity index (χ1v) is 15.6. The van der Waals surface area contributed by atoms with Crippen molar-refractivity contribution < 1.29 is 0 Å². The Labute approximate surface area is 100 Å². The van der Waals surface area contributed by atoms with Crippen molar-refractivity contribution in [3.05, 3.63) is 0 Å². The smallest absolute Gasteiger partial charge is 0.0274 e. The Bertz CT molecular complexity index is 39.0. The second-order valence-electron chi connectivity index (χ2n) is 5.20. The summed E-state index contributed by atoms with van der Waals surface area (Å²) in [5, 5.41) is 0. The topological polar surface area (TPSA) is 0 Å². The Balaban J connectivity index is -0.0000000270. The molecule has 0 aromatic carbocycles. The number of rotatable bonds is 0. The summed E-state index contributed by atoms with van der Waals surface area (Å²) in [7, 11) is -0.417. The predicted molar refractivity (Wildman–Crippen MR) is 87.7 cm³/mol. The molecule has 0 unspecified atom stereocenters. The van der Waals surface area contributed by atoms with Crippen molar-refractivity contribution in [1.82, 2.24) is 0 Å². The monoisotopic (exact) mass is 254 g/mol. The summed E-state index contributed by atoms with van der Waals surface area (Å²) in [5.41, 5.74) is 0. The molecule has 0 heterocycles. The van der Waals surface area contributed by atoms with Crippen LogP contribution >= 0.6 is 0 Å². The second kappa shape index (κ2) is 23.5. The van der Waals surface area contributed by atoms with Gasteiger partial charge in [0.15, 0.2) is 0 Å². The SMILES string of the molecule is C.C.C[SiH](C)C.C[SiH](C)C.C[SiH](C)C. The minimum atomic E-state index is -0.139. The molecule has 0 aromatic rings. The normalized spacial score (nSPS) is 7.71. The van der Waals surface area contributed by atoms with E-state index in [9.17, 15) is 0 Å². The molecule has 0 radical (unpaired) electrons. The van der Waals surface area contributed by atoms with E-state index in [1.165, 1.54) is 0 Å². The maximum Gasteiger partial charge on any atom is 0.0274 e. The maximum absolute atomic E-state index is 2.31. The maximum atomic E-state index is 2.31. The minimum Gasteiger partial charge on any atom is -0.0776 e. The molecule has 0 saturated carbocycles. The van der Waals surface area contributed by atoms with Gasteiger partial charge in [-0.3, -0.25) is 0 Å². The molecule has 0 nitrogen and oxygen atoms in total. The standard InChI is InChI=1S/3C3H10Si.2CH4/c3*1-4(2)3;;/h3*4H,1-3H3;2*1H4. The molecule has 0 saturated heterocycles. The van der Waals surface area contributed by atoms with Crippen molar-refractivity contribution in [2.75, 3.05) is 0 Å². The van der Waals surface area contributed by atoms with Crippen LogP contribution < -0.4 is 0 Å². The summed E-state index contributed by atoms with van der Waals surface area (Å²) in [6, 6.07) is 0. The molecule has 0 spiro atoms. The molecule has 0 aliphatic rings. The molecule has 94 valence electrons. The fourth-order valence-electron chi connectivity index (χ4n) is 0. The van der Waals surface area contributed by atoms with Gasteiger partial charge in [-0.2, -0.15) is 0 Å². The van der Waals surface area contributed by atoms with Crippen LogP contribution in [-0.2, 0) is 0 Å². The van der Waals surface area contributed by atoms with Crippen LogP contribution in [0.5, 0.6) is 0 Å². The van der Waals surface area contributed by atoms with Crippen LogP contribution in [0.1, 0.15) is 14.9 Å². The molecule has 0 aliphatic heterocycles. The third-order valence-corrected chi connectivity index (χ3v) is 0. The van der Waals surface area contributed by atoms with Crippen LogP contribution in [0.3, 0.4) is 0 Å². The molecule has 3 heteroatoms. The highest BCUT2D eigenvalue weighted by Crippen LogP contribution is 1.68. The molecule has 0 atom stereocenters. The summed E-state index contributed by atoms with van der Waals surface area (Å²) >= 11 is 0. The van der Waals surface area contributed by atoms with Gasteiger partial charge in [0.25, 0.3) is 0 Å². The molecule has 0 amide bonds. The highest BCUT2D eigenvalue weighted by molar-refractivity contribution is 6.54. The van der Waals surface area contributed by atoms with Crippen LogP contribution in [0.2, 0.25) is 58.9 Å². The highest BCUT2D eigenvalue weighted by Gasteiger charge is 1.72. The lowest BCUT2D eigenvalue weighted by atomic mass is 11.8. The summed E-state index contributed by atoms with van der Waals surface area (Å²) in [6.07, 6.45) is 0. The average molecular weight is 255 g/mol. The number of hydrogen-bond acceptors (Lipinski definition) is 0. The van der Waals surface area contributed by atoms with Crippen LogP contribution in [0, 0.1) is 0 Å². The zero-order chi connectivity index (χ0) is 10.7. The van der Waals surface area contributed by atoms with E-state index >= 15 is 0 Å². The van der Waals surface area contributed by atoms with E-state index in [2.05, 4.69) is 58.9 Å². The average Bonchev–Trinajstić information content (AvgIpc) is 1.54. The molecule has 0 aromatic heterocycles. The van der Waals surface area contributed by atoms with E-state index in [4.69, 9.17) is 0 Å². The lowest BCUT2D eigenvalue weighted by Crippen LogP contribution is -1.84. The van der Waals surface area contributed by atoms with Crippen LogP contribution in [0.25, 0.3) is 0 Å². The minimum absolute atomic E-state index is 0. The van der Waals surface area contributed by atoms with Crippen molar-refractivity contribution in [2.24, 2.45) is 0 Å². The molecule has 0 N–H and O–H groups in total. The van der Waals surface area contributed by atoms with Crippen LogP contribution in [0.4, 0.5) is 0 Å². The van der Waals surface area contributed by atoms with Gasteiger partial charge in [-0.15, -0.1) is 0 Å². The highest BCUT2D eigenvalue weighted by atomic mass is 28.3. The van der Waals surface area contributed by atoms with Gasteiger partial charge in [0.1, 0.15) is 0 Å². The summed E-state index contributed by atoms with van der Waals surface area (Å²) in [6.45, 7) is 20.8. The van der Waals surface area contributed by atoms with E-state index in [-0.39, 0.29) is 41.2 Å². The predicted octanol–water partition coefficient (Wildman–Crippen LogP) is 4.58. The fourth-order valence-corrected chi connectivity index (χ4v) is 0. The molecule has 0 aliphatic carbocycles. The Morgan fingerprint density at radius 1 is 0.357 bits per heavy atom. The lowest BCUT2D eigenvalue weighted by molar-refractivity contribution is 1.91. The van der Waals surface area contributed by atoms with E-state index in [0.29, 0.717) is 0 Å². The van der Waals surface area contributed by atoms with E-state index in [1.54, 1.807) is 0 Å². The lowest BCUT2D eigenvalue weighted by Gasteiger charge is -1.75. The van der Waals surface area contributed by atoms with Gasteiger partial charge < -0.3 is 0 Å². The Morgan fingerprint density at radius 2 is 0.357 bits per heavy atom. The van der Waals surface area contributed by atoms with E-state index in [1.807, 2.05) is 0 Å².